The summed E-state index contributed by atoms with van der Waals surface area (Å²) in [6, 6.07) is 8.51. The van der Waals surface area contributed by atoms with Gasteiger partial charge in [0, 0.05) is 0 Å². The van der Waals surface area contributed by atoms with Gasteiger partial charge in [-0.05, 0) is 23.1 Å². The topological polar surface area (TPSA) is 9.23 Å². The van der Waals surface area contributed by atoms with Crippen LogP contribution < -0.4 is 0 Å². The monoisotopic (exact) mass is 176 g/mol. The normalized spacial score (nSPS) is 11.1. The molecular formula is C12H16O. The van der Waals surface area contributed by atoms with E-state index in [-0.39, 0.29) is 0 Å². The van der Waals surface area contributed by atoms with E-state index in [1.165, 1.54) is 11.1 Å². The Morgan fingerprint density at radius 1 is 1.15 bits per heavy atom. The zero-order valence-corrected chi connectivity index (χ0v) is 8.45. The fourth-order valence-corrected chi connectivity index (χ4v) is 1.14. The van der Waals surface area contributed by atoms with Gasteiger partial charge in [0.1, 0.15) is 0 Å². The predicted molar refractivity (Wildman–Crippen MR) is 56.6 cm³/mol. The van der Waals surface area contributed by atoms with Gasteiger partial charge in [0.25, 0.3) is 0 Å². The van der Waals surface area contributed by atoms with E-state index in [1.807, 2.05) is 6.08 Å². The second kappa shape index (κ2) is 4.70. The molecule has 13 heavy (non-hydrogen) atoms. The Morgan fingerprint density at radius 3 is 2.23 bits per heavy atom. The highest BCUT2D eigenvalue weighted by Gasteiger charge is 1.96. The summed E-state index contributed by atoms with van der Waals surface area (Å²) >= 11 is 0. The van der Waals surface area contributed by atoms with Gasteiger partial charge >= 0.3 is 0 Å². The van der Waals surface area contributed by atoms with Crippen molar-refractivity contribution in [3.63, 3.8) is 0 Å². The van der Waals surface area contributed by atoms with Crippen molar-refractivity contribution in [2.24, 2.45) is 0 Å². The van der Waals surface area contributed by atoms with Crippen LogP contribution in [-0.2, 0) is 4.74 Å². The third kappa shape index (κ3) is 2.94. The van der Waals surface area contributed by atoms with Crippen molar-refractivity contribution in [3.05, 3.63) is 41.7 Å². The average Bonchev–Trinajstić information content (AvgIpc) is 2.15. The zero-order valence-electron chi connectivity index (χ0n) is 8.45. The zero-order chi connectivity index (χ0) is 9.68. The number of benzene rings is 1. The molecule has 70 valence electrons. The second-order valence-electron chi connectivity index (χ2n) is 3.36. The maximum Gasteiger partial charge on any atom is 0.0830 e. The fraction of sp³-hybridized carbons (Fsp3) is 0.333. The average molecular weight is 176 g/mol. The van der Waals surface area contributed by atoms with E-state index in [0.29, 0.717) is 5.92 Å². The van der Waals surface area contributed by atoms with E-state index in [4.69, 9.17) is 4.74 Å². The van der Waals surface area contributed by atoms with Gasteiger partial charge in [0.2, 0.25) is 0 Å². The van der Waals surface area contributed by atoms with Crippen molar-refractivity contribution in [3.8, 4) is 0 Å². The van der Waals surface area contributed by atoms with E-state index in [0.717, 1.165) is 0 Å². The first-order chi connectivity index (χ1) is 6.24. The molecule has 0 amide bonds. The molecule has 0 aliphatic rings. The molecule has 0 heterocycles. The number of hydrogen-bond donors (Lipinski definition) is 0. The minimum absolute atomic E-state index is 0.598. The van der Waals surface area contributed by atoms with Crippen LogP contribution in [0.15, 0.2) is 30.5 Å². The molecule has 0 aliphatic carbocycles. The maximum atomic E-state index is 4.84. The lowest BCUT2D eigenvalue weighted by atomic mass is 10.0. The van der Waals surface area contributed by atoms with Crippen LogP contribution in [0.2, 0.25) is 0 Å². The van der Waals surface area contributed by atoms with Gasteiger partial charge in [0.15, 0.2) is 0 Å². The molecule has 0 bridgehead atoms. The van der Waals surface area contributed by atoms with Gasteiger partial charge in [-0.1, -0.05) is 38.1 Å². The van der Waals surface area contributed by atoms with Crippen molar-refractivity contribution >= 4 is 6.08 Å². The van der Waals surface area contributed by atoms with Crippen LogP contribution >= 0.6 is 0 Å². The lowest BCUT2D eigenvalue weighted by Crippen LogP contribution is -1.85. The number of methoxy groups -OCH3 is 1. The van der Waals surface area contributed by atoms with Crippen molar-refractivity contribution in [1.82, 2.24) is 0 Å². The fourth-order valence-electron chi connectivity index (χ4n) is 1.14. The van der Waals surface area contributed by atoms with Crippen LogP contribution in [0.1, 0.15) is 30.9 Å². The van der Waals surface area contributed by atoms with E-state index in [2.05, 4.69) is 38.1 Å². The van der Waals surface area contributed by atoms with Crippen molar-refractivity contribution in [2.75, 3.05) is 7.11 Å². The van der Waals surface area contributed by atoms with Crippen LogP contribution in [0.4, 0.5) is 0 Å². The molecule has 0 saturated heterocycles. The van der Waals surface area contributed by atoms with Gasteiger partial charge in [-0.3, -0.25) is 0 Å². The molecular weight excluding hydrogens is 160 g/mol. The minimum atomic E-state index is 0.598. The Bertz CT molecular complexity index is 270. The first kappa shape index (κ1) is 9.85. The van der Waals surface area contributed by atoms with Gasteiger partial charge in [0.05, 0.1) is 13.4 Å². The van der Waals surface area contributed by atoms with Gasteiger partial charge in [-0.25, -0.2) is 0 Å². The third-order valence-electron chi connectivity index (χ3n) is 2.00. The lowest BCUT2D eigenvalue weighted by Gasteiger charge is -2.04. The molecule has 1 aromatic carbocycles. The summed E-state index contributed by atoms with van der Waals surface area (Å²) in [6.45, 7) is 4.39. The van der Waals surface area contributed by atoms with Crippen LogP contribution in [-0.4, -0.2) is 7.11 Å². The molecule has 1 aromatic rings. The minimum Gasteiger partial charge on any atom is -0.504 e. The quantitative estimate of drug-likeness (QED) is 0.641. The van der Waals surface area contributed by atoms with Crippen molar-refractivity contribution in [1.29, 1.82) is 0 Å². The number of hydrogen-bond acceptors (Lipinski definition) is 1. The molecule has 0 aliphatic heterocycles. The summed E-state index contributed by atoms with van der Waals surface area (Å²) < 4.78 is 4.84. The third-order valence-corrected chi connectivity index (χ3v) is 2.00. The first-order valence-corrected chi connectivity index (χ1v) is 4.53. The van der Waals surface area contributed by atoms with Crippen LogP contribution in [0.5, 0.6) is 0 Å². The summed E-state index contributed by atoms with van der Waals surface area (Å²) in [4.78, 5) is 0. The molecule has 0 aromatic heterocycles. The summed E-state index contributed by atoms with van der Waals surface area (Å²) in [5, 5.41) is 0. The van der Waals surface area contributed by atoms with Gasteiger partial charge in [-0.15, -0.1) is 0 Å². The highest BCUT2D eigenvalue weighted by molar-refractivity contribution is 5.48. The summed E-state index contributed by atoms with van der Waals surface area (Å²) in [5.41, 5.74) is 2.54. The molecule has 0 radical (unpaired) electrons. The summed E-state index contributed by atoms with van der Waals surface area (Å²) in [5.74, 6) is 0.598. The molecule has 0 saturated carbocycles. The SMILES string of the molecule is CO/C=C/c1ccc(C(C)C)cc1. The Kier molecular flexibility index (Phi) is 3.56. The van der Waals surface area contributed by atoms with Gasteiger partial charge in [-0.2, -0.15) is 0 Å². The van der Waals surface area contributed by atoms with Crippen LogP contribution in [0.25, 0.3) is 6.08 Å². The smallest absolute Gasteiger partial charge is 0.0830 e. The highest BCUT2D eigenvalue weighted by Crippen LogP contribution is 2.15. The molecule has 1 heteroatoms. The maximum absolute atomic E-state index is 4.84. The molecule has 0 fully saturated rings. The molecule has 1 nitrogen and oxygen atoms in total. The van der Waals surface area contributed by atoms with E-state index in [9.17, 15) is 0 Å². The largest absolute Gasteiger partial charge is 0.504 e. The molecule has 0 N–H and O–H groups in total. The molecule has 0 spiro atoms. The van der Waals surface area contributed by atoms with Crippen molar-refractivity contribution in [2.45, 2.75) is 19.8 Å². The molecule has 1 rings (SSSR count). The summed E-state index contributed by atoms with van der Waals surface area (Å²) in [6.07, 6.45) is 3.63. The van der Waals surface area contributed by atoms with E-state index >= 15 is 0 Å². The van der Waals surface area contributed by atoms with Crippen molar-refractivity contribution < 1.29 is 4.74 Å². The first-order valence-electron chi connectivity index (χ1n) is 4.53. The molecule has 0 atom stereocenters. The Balaban J connectivity index is 2.75. The number of rotatable bonds is 3. The predicted octanol–water partition coefficient (Wildman–Crippen LogP) is 3.43. The Hall–Kier alpha value is -1.24. The second-order valence-corrected chi connectivity index (χ2v) is 3.36. The number of ether oxygens (including phenoxy) is 1. The van der Waals surface area contributed by atoms with Crippen LogP contribution in [0.3, 0.4) is 0 Å². The lowest BCUT2D eigenvalue weighted by molar-refractivity contribution is 0.341. The summed E-state index contributed by atoms with van der Waals surface area (Å²) in [7, 11) is 1.65. The van der Waals surface area contributed by atoms with Gasteiger partial charge < -0.3 is 4.74 Å². The Labute approximate surface area is 80.0 Å². The van der Waals surface area contributed by atoms with Crippen LogP contribution in [0, 0.1) is 0 Å². The highest BCUT2D eigenvalue weighted by atomic mass is 16.5. The molecule has 0 unspecified atom stereocenters. The standard InChI is InChI=1S/C12H16O/c1-10(2)12-6-4-11(5-7-12)8-9-13-3/h4-10H,1-3H3/b9-8+. The Morgan fingerprint density at radius 2 is 1.77 bits per heavy atom. The van der Waals surface area contributed by atoms with E-state index in [1.54, 1.807) is 13.4 Å². The van der Waals surface area contributed by atoms with E-state index < -0.39 is 0 Å².